The first-order chi connectivity index (χ1) is 5.41. The average molecular weight is 382 g/mol. The van der Waals surface area contributed by atoms with Gasteiger partial charge in [0.25, 0.3) is 9.05 Å². The second-order valence-electron chi connectivity index (χ2n) is 1.88. The van der Waals surface area contributed by atoms with Crippen LogP contribution in [0.3, 0.4) is 0 Å². The molecule has 0 aliphatic rings. The van der Waals surface area contributed by atoms with Crippen molar-refractivity contribution in [1.29, 1.82) is 0 Å². The predicted octanol–water partition coefficient (Wildman–Crippen LogP) is 2.38. The Hall–Kier alpha value is 0.600. The van der Waals surface area contributed by atoms with Crippen molar-refractivity contribution in [2.75, 3.05) is 0 Å². The largest absolute Gasteiger partial charge is 0.279 e. The highest BCUT2D eigenvalue weighted by molar-refractivity contribution is 14.1. The minimum absolute atomic E-state index is 0.104. The number of hydrogen-bond donors (Lipinski definition) is 0. The van der Waals surface area contributed by atoms with Crippen LogP contribution in [-0.4, -0.2) is 13.4 Å². The van der Waals surface area contributed by atoms with E-state index in [0.29, 0.717) is 3.57 Å². The molecular weight excluding hydrogens is 380 g/mol. The normalized spacial score (nSPS) is 11.6. The molecule has 7 heteroatoms. The molecule has 0 aliphatic heterocycles. The zero-order valence-electron chi connectivity index (χ0n) is 5.46. The van der Waals surface area contributed by atoms with E-state index in [-0.39, 0.29) is 5.03 Å². The first-order valence-electron chi connectivity index (χ1n) is 2.67. The van der Waals surface area contributed by atoms with E-state index in [4.69, 9.17) is 10.7 Å². The maximum absolute atomic E-state index is 10.8. The van der Waals surface area contributed by atoms with Gasteiger partial charge in [-0.05, 0) is 44.6 Å². The van der Waals surface area contributed by atoms with E-state index in [1.165, 1.54) is 6.20 Å². The number of nitrogens with zero attached hydrogens (tertiary/aromatic N) is 1. The van der Waals surface area contributed by atoms with Crippen LogP contribution in [0.25, 0.3) is 0 Å². The molecule has 0 aliphatic carbocycles. The maximum Gasteiger partial charge on any atom is 0.279 e. The summed E-state index contributed by atoms with van der Waals surface area (Å²) in [4.78, 5) is 3.67. The zero-order chi connectivity index (χ0) is 9.35. The predicted molar refractivity (Wildman–Crippen MR) is 57.7 cm³/mol. The van der Waals surface area contributed by atoms with Gasteiger partial charge in [0.2, 0.25) is 0 Å². The monoisotopic (exact) mass is 381 g/mol. The highest BCUT2D eigenvalue weighted by Gasteiger charge is 2.15. The minimum Gasteiger partial charge on any atom is -0.241 e. The van der Waals surface area contributed by atoms with Gasteiger partial charge in [0.05, 0.1) is 3.57 Å². The number of hydrogen-bond acceptors (Lipinski definition) is 3. The molecule has 1 rings (SSSR count). The quantitative estimate of drug-likeness (QED) is 0.554. The van der Waals surface area contributed by atoms with Crippen LogP contribution in [0.15, 0.2) is 21.8 Å². The Kier molecular flexibility index (Phi) is 3.35. The second kappa shape index (κ2) is 3.77. The van der Waals surface area contributed by atoms with Gasteiger partial charge in [0.1, 0.15) is 0 Å². The molecular formula is C5H2BrClINO2S. The van der Waals surface area contributed by atoms with E-state index in [0.717, 1.165) is 4.47 Å². The van der Waals surface area contributed by atoms with Crippen LogP contribution in [-0.2, 0) is 9.05 Å². The Morgan fingerprint density at radius 3 is 2.58 bits per heavy atom. The van der Waals surface area contributed by atoms with Gasteiger partial charge in [0, 0.05) is 21.4 Å². The molecule has 0 saturated carbocycles. The molecule has 0 unspecified atom stereocenters. The summed E-state index contributed by atoms with van der Waals surface area (Å²) in [6.45, 7) is 0. The molecule has 66 valence electrons. The molecule has 0 spiro atoms. The van der Waals surface area contributed by atoms with E-state index >= 15 is 0 Å². The average Bonchev–Trinajstić information content (AvgIpc) is 1.83. The molecule has 0 fully saturated rings. The van der Waals surface area contributed by atoms with Crippen molar-refractivity contribution in [3.63, 3.8) is 0 Å². The van der Waals surface area contributed by atoms with E-state index < -0.39 is 9.05 Å². The lowest BCUT2D eigenvalue weighted by Gasteiger charge is -1.98. The zero-order valence-corrected chi connectivity index (χ0v) is 10.8. The summed E-state index contributed by atoms with van der Waals surface area (Å²) in [5.41, 5.74) is 0. The molecule has 3 nitrogen and oxygen atoms in total. The second-order valence-corrected chi connectivity index (χ2v) is 6.44. The Morgan fingerprint density at radius 2 is 2.17 bits per heavy atom. The van der Waals surface area contributed by atoms with E-state index in [1.807, 2.05) is 22.6 Å². The Bertz CT molecular complexity index is 408. The van der Waals surface area contributed by atoms with Crippen molar-refractivity contribution in [3.8, 4) is 0 Å². The summed E-state index contributed by atoms with van der Waals surface area (Å²) in [7, 11) is 1.39. The van der Waals surface area contributed by atoms with Crippen molar-refractivity contribution >= 4 is 58.3 Å². The van der Waals surface area contributed by atoms with Crippen molar-refractivity contribution in [3.05, 3.63) is 20.3 Å². The van der Waals surface area contributed by atoms with Crippen molar-refractivity contribution in [2.24, 2.45) is 0 Å². The Labute approximate surface area is 96.2 Å². The fourth-order valence-corrected chi connectivity index (χ4v) is 3.91. The molecule has 0 saturated heterocycles. The lowest BCUT2D eigenvalue weighted by atomic mass is 10.5. The third-order valence-electron chi connectivity index (χ3n) is 1.01. The topological polar surface area (TPSA) is 47.0 Å². The maximum atomic E-state index is 10.8. The first-order valence-corrected chi connectivity index (χ1v) is 6.85. The van der Waals surface area contributed by atoms with Crippen LogP contribution in [0.2, 0.25) is 0 Å². The number of halogens is 3. The molecule has 1 aromatic heterocycles. The molecule has 1 aromatic rings. The van der Waals surface area contributed by atoms with Crippen molar-refractivity contribution in [1.82, 2.24) is 4.98 Å². The lowest BCUT2D eigenvalue weighted by Crippen LogP contribution is -1.97. The molecule has 0 atom stereocenters. The highest BCUT2D eigenvalue weighted by Crippen LogP contribution is 2.22. The van der Waals surface area contributed by atoms with Crippen LogP contribution in [0, 0.1) is 3.57 Å². The molecule has 0 aromatic carbocycles. The summed E-state index contributed by atoms with van der Waals surface area (Å²) >= 11 is 5.01. The van der Waals surface area contributed by atoms with Gasteiger partial charge in [-0.25, -0.2) is 13.4 Å². The lowest BCUT2D eigenvalue weighted by molar-refractivity contribution is 0.605. The fraction of sp³-hybridized carbons (Fsp3) is 0. The minimum atomic E-state index is -3.72. The molecule has 0 amide bonds. The summed E-state index contributed by atoms with van der Waals surface area (Å²) in [6.07, 6.45) is 1.39. The van der Waals surface area contributed by atoms with E-state index in [2.05, 4.69) is 20.9 Å². The molecule has 0 bridgehead atoms. The van der Waals surface area contributed by atoms with E-state index in [1.54, 1.807) is 6.07 Å². The number of aromatic nitrogens is 1. The number of rotatable bonds is 1. The Balaban J connectivity index is 3.39. The standard InChI is InChI=1S/C5H2BrClINO2S/c6-3-1-4(8)5(9-2-3)12(7,10)11/h1-2H. The third-order valence-corrected chi connectivity index (χ3v) is 3.85. The van der Waals surface area contributed by atoms with Crippen molar-refractivity contribution < 1.29 is 8.42 Å². The smallest absolute Gasteiger partial charge is 0.241 e. The van der Waals surface area contributed by atoms with E-state index in [9.17, 15) is 8.42 Å². The molecule has 0 radical (unpaired) electrons. The van der Waals surface area contributed by atoms with Crippen LogP contribution in [0.5, 0.6) is 0 Å². The SMILES string of the molecule is O=S(=O)(Cl)c1ncc(Br)cc1I. The van der Waals surface area contributed by atoms with Gasteiger partial charge in [-0.3, -0.25) is 0 Å². The summed E-state index contributed by atoms with van der Waals surface area (Å²) < 4.78 is 22.9. The van der Waals surface area contributed by atoms with Crippen molar-refractivity contribution in [2.45, 2.75) is 5.03 Å². The van der Waals surface area contributed by atoms with Gasteiger partial charge < -0.3 is 0 Å². The summed E-state index contributed by atoms with van der Waals surface area (Å²) in [6, 6.07) is 1.63. The fourth-order valence-electron chi connectivity index (χ4n) is 0.581. The highest BCUT2D eigenvalue weighted by atomic mass is 127. The summed E-state index contributed by atoms with van der Waals surface area (Å²) in [5.74, 6) is 0. The van der Waals surface area contributed by atoms with Crippen LogP contribution < -0.4 is 0 Å². The van der Waals surface area contributed by atoms with Crippen LogP contribution >= 0.6 is 49.2 Å². The number of pyridine rings is 1. The third kappa shape index (κ3) is 2.54. The molecule has 12 heavy (non-hydrogen) atoms. The van der Waals surface area contributed by atoms with Gasteiger partial charge in [-0.2, -0.15) is 0 Å². The van der Waals surface area contributed by atoms with Gasteiger partial charge >= 0.3 is 0 Å². The van der Waals surface area contributed by atoms with Gasteiger partial charge in [-0.15, -0.1) is 0 Å². The molecule has 1 heterocycles. The first kappa shape index (κ1) is 10.7. The van der Waals surface area contributed by atoms with Gasteiger partial charge in [0.15, 0.2) is 5.03 Å². The van der Waals surface area contributed by atoms with Crippen LogP contribution in [0.4, 0.5) is 0 Å². The van der Waals surface area contributed by atoms with Crippen LogP contribution in [0.1, 0.15) is 0 Å². The Morgan fingerprint density at radius 1 is 1.58 bits per heavy atom. The summed E-state index contributed by atoms with van der Waals surface area (Å²) in [5, 5.41) is -0.104. The molecule has 0 N–H and O–H groups in total. The van der Waals surface area contributed by atoms with Gasteiger partial charge in [-0.1, -0.05) is 0 Å².